The van der Waals surface area contributed by atoms with E-state index in [0.29, 0.717) is 0 Å². The zero-order valence-corrected chi connectivity index (χ0v) is 8.39. The molecule has 0 aromatic heterocycles. The predicted molar refractivity (Wildman–Crippen MR) is 58.3 cm³/mol. The Hall–Kier alpha value is -0.160. The van der Waals surface area contributed by atoms with E-state index in [-0.39, 0.29) is 12.8 Å². The van der Waals surface area contributed by atoms with Crippen LogP contribution in [0.5, 0.6) is 0 Å². The van der Waals surface area contributed by atoms with Crippen molar-refractivity contribution in [3.8, 4) is 0 Å². The maximum atomic E-state index is 9.40. The number of rotatable bonds is 9. The van der Waals surface area contributed by atoms with Crippen LogP contribution in [-0.2, 0) is 0 Å². The molecule has 0 spiro atoms. The summed E-state index contributed by atoms with van der Waals surface area (Å²) in [5, 5.41) is 22.6. The van der Waals surface area contributed by atoms with Crippen LogP contribution in [0.4, 0.5) is 0 Å². The van der Waals surface area contributed by atoms with Gasteiger partial charge in [-0.1, -0.05) is 13.8 Å². The van der Waals surface area contributed by atoms with Gasteiger partial charge in [-0.05, 0) is 12.8 Å². The number of hydrogen-bond donors (Lipinski definition) is 4. The maximum Gasteiger partial charge on any atom is 0.0584 e. The van der Waals surface area contributed by atoms with Gasteiger partial charge in [0.05, 0.1) is 18.6 Å². The van der Waals surface area contributed by atoms with Gasteiger partial charge in [0.2, 0.25) is 0 Å². The van der Waals surface area contributed by atoms with E-state index in [4.69, 9.17) is 12.3 Å². The average Bonchev–Trinajstić information content (AvgIpc) is 2.32. The Labute approximate surface area is 99.4 Å². The van der Waals surface area contributed by atoms with Crippen molar-refractivity contribution in [3.05, 3.63) is 0 Å². The lowest BCUT2D eigenvalue weighted by Gasteiger charge is -2.17. The van der Waals surface area contributed by atoms with E-state index in [1.807, 2.05) is 10.6 Å². The second-order valence-electron chi connectivity index (χ2n) is 2.55. The molecule has 0 amide bonds. The second-order valence-corrected chi connectivity index (χ2v) is 2.55. The molecule has 0 aliphatic carbocycles. The molecule has 0 unspecified atom stereocenters. The Bertz CT molecular complexity index is 397. The lowest BCUT2D eigenvalue weighted by atomic mass is 10.2. The predicted octanol–water partition coefficient (Wildman–Crippen LogP) is -0.293. The van der Waals surface area contributed by atoms with Crippen molar-refractivity contribution in [2.24, 2.45) is 0 Å². The zero-order chi connectivity index (χ0) is 18.9. The molecule has 0 rings (SSSR count). The summed E-state index contributed by atoms with van der Waals surface area (Å²) in [5.41, 5.74) is 0. The topological polar surface area (TPSA) is 64.5 Å². The normalized spacial score (nSPS) is 31.3. The molecule has 4 N–H and O–H groups in total. The van der Waals surface area contributed by atoms with Crippen molar-refractivity contribution in [2.75, 3.05) is 26.1 Å². The van der Waals surface area contributed by atoms with E-state index < -0.39 is 38.2 Å². The summed E-state index contributed by atoms with van der Waals surface area (Å²) in [5.74, 6) is 0. The highest BCUT2D eigenvalue weighted by Gasteiger charge is 2.04. The van der Waals surface area contributed by atoms with Crippen molar-refractivity contribution >= 4 is 0 Å². The van der Waals surface area contributed by atoms with Crippen molar-refractivity contribution in [3.63, 3.8) is 0 Å². The van der Waals surface area contributed by atoms with Gasteiger partial charge in [0.15, 0.2) is 0 Å². The first-order valence-corrected chi connectivity index (χ1v) is 4.45. The summed E-state index contributed by atoms with van der Waals surface area (Å²) in [6, 6.07) is -3.98. The summed E-state index contributed by atoms with van der Waals surface area (Å²) in [7, 11) is 0. The Morgan fingerprint density at radius 2 is 1.79 bits per heavy atom. The van der Waals surface area contributed by atoms with Crippen LogP contribution in [0, 0.1) is 0 Å². The lowest BCUT2D eigenvalue weighted by Crippen LogP contribution is -2.40. The monoisotopic (exact) mass is 213 g/mol. The third-order valence-corrected chi connectivity index (χ3v) is 1.57. The Morgan fingerprint density at radius 3 is 2.21 bits per heavy atom. The van der Waals surface area contributed by atoms with Gasteiger partial charge in [0.1, 0.15) is 0 Å². The molecular formula is C10H24N2O2. The summed E-state index contributed by atoms with van der Waals surface area (Å²) < 4.78 is 67.7. The van der Waals surface area contributed by atoms with E-state index >= 15 is 0 Å². The van der Waals surface area contributed by atoms with Gasteiger partial charge in [-0.3, -0.25) is 0 Å². The summed E-state index contributed by atoms with van der Waals surface area (Å²) >= 11 is 0. The average molecular weight is 213 g/mol. The molecule has 2 atom stereocenters. The molecular weight excluding hydrogens is 180 g/mol. The summed E-state index contributed by atoms with van der Waals surface area (Å²) in [6.07, 6.45) is -0.427. The first-order chi connectivity index (χ1) is 9.93. The minimum Gasteiger partial charge on any atom is -0.395 e. The second kappa shape index (κ2) is 9.40. The van der Waals surface area contributed by atoms with Crippen molar-refractivity contribution in [1.29, 1.82) is 0 Å². The van der Waals surface area contributed by atoms with Crippen LogP contribution in [0.3, 0.4) is 0 Å². The van der Waals surface area contributed by atoms with Gasteiger partial charge >= 0.3 is 0 Å². The summed E-state index contributed by atoms with van der Waals surface area (Å²) in [6.45, 7) is -9.23. The van der Waals surface area contributed by atoms with E-state index in [0.717, 1.165) is 0 Å². The third kappa shape index (κ3) is 6.32. The van der Waals surface area contributed by atoms with E-state index in [1.165, 1.54) is 13.8 Å². The van der Waals surface area contributed by atoms with Crippen LogP contribution in [0.2, 0.25) is 0 Å². The fourth-order valence-corrected chi connectivity index (χ4v) is 0.651. The van der Waals surface area contributed by atoms with Gasteiger partial charge in [-0.25, -0.2) is 0 Å². The molecule has 0 saturated carbocycles. The standard InChI is InChI=1S/C10H24N2O2/c1-3-9(7-13)11-5-6-12-10(4-2)8-14/h9-14H,3-8H2,1-2H3/t9-,10+/i5D2,6D2,7D2,8D2,9D/m1/s1. The number of aliphatic hydroxyl groups is 2. The van der Waals surface area contributed by atoms with E-state index in [9.17, 15) is 10.2 Å². The molecule has 0 aromatic rings. The molecule has 0 radical (unpaired) electrons. The minimum absolute atomic E-state index is 0.0558. The molecule has 14 heavy (non-hydrogen) atoms. The van der Waals surface area contributed by atoms with Crippen LogP contribution in [0.1, 0.15) is 39.0 Å². The quantitative estimate of drug-likeness (QED) is 0.425. The molecule has 4 heteroatoms. The number of nitrogens with one attached hydrogen (secondary N) is 2. The van der Waals surface area contributed by atoms with Gasteiger partial charge in [-0.2, -0.15) is 0 Å². The van der Waals surface area contributed by atoms with Crippen molar-refractivity contribution < 1.29 is 22.5 Å². The Kier molecular flexibility index (Phi) is 3.21. The smallest absolute Gasteiger partial charge is 0.0584 e. The van der Waals surface area contributed by atoms with Gasteiger partial charge in [-0.15, -0.1) is 0 Å². The molecule has 86 valence electrons. The van der Waals surface area contributed by atoms with Crippen molar-refractivity contribution in [1.82, 2.24) is 10.6 Å². The van der Waals surface area contributed by atoms with Gasteiger partial charge in [0, 0.05) is 31.9 Å². The third-order valence-electron chi connectivity index (χ3n) is 1.57. The molecule has 4 nitrogen and oxygen atoms in total. The highest BCUT2D eigenvalue weighted by atomic mass is 16.3. The largest absolute Gasteiger partial charge is 0.395 e. The molecule has 0 saturated heterocycles. The van der Waals surface area contributed by atoms with Crippen LogP contribution < -0.4 is 10.6 Å². The van der Waals surface area contributed by atoms with Crippen LogP contribution >= 0.6 is 0 Å². The zero-order valence-electron chi connectivity index (χ0n) is 17.4. The van der Waals surface area contributed by atoms with E-state index in [2.05, 4.69) is 0 Å². The molecule has 0 heterocycles. The number of hydrogen-bond acceptors (Lipinski definition) is 4. The SMILES string of the molecule is [2H]C([2H])(O)[C@H](CC)NC([2H])([2H])C([2H])([2H])N[C@]([2H])(CC)C([2H])([2H])O. The van der Waals surface area contributed by atoms with Crippen LogP contribution in [0.25, 0.3) is 0 Å². The fraction of sp³-hybridized carbons (Fsp3) is 1.00. The van der Waals surface area contributed by atoms with E-state index in [1.54, 1.807) is 0 Å². The van der Waals surface area contributed by atoms with Crippen LogP contribution in [0.15, 0.2) is 0 Å². The molecule has 0 bridgehead atoms. The molecule has 0 aliphatic heterocycles. The van der Waals surface area contributed by atoms with Crippen molar-refractivity contribution in [2.45, 2.75) is 38.7 Å². The lowest BCUT2D eigenvalue weighted by molar-refractivity contribution is 0.229. The highest BCUT2D eigenvalue weighted by Crippen LogP contribution is 1.89. The minimum atomic E-state index is -3.15. The first kappa shape index (κ1) is 4.78. The Morgan fingerprint density at radius 1 is 1.14 bits per heavy atom. The van der Waals surface area contributed by atoms with Crippen LogP contribution in [-0.4, -0.2) is 48.4 Å². The molecule has 0 fully saturated rings. The maximum absolute atomic E-state index is 9.40. The molecule has 0 aromatic carbocycles. The summed E-state index contributed by atoms with van der Waals surface area (Å²) in [4.78, 5) is 0. The Balaban J connectivity index is 5.46. The fourth-order valence-electron chi connectivity index (χ4n) is 0.651. The van der Waals surface area contributed by atoms with Gasteiger partial charge < -0.3 is 20.8 Å². The first-order valence-electron chi connectivity index (χ1n) is 8.95. The molecule has 0 aliphatic rings. The highest BCUT2D eigenvalue weighted by molar-refractivity contribution is 4.67. The van der Waals surface area contributed by atoms with Gasteiger partial charge in [0.25, 0.3) is 0 Å².